The Morgan fingerprint density at radius 1 is 0.269 bits per heavy atom. The second-order valence-corrected chi connectivity index (χ2v) is 22.7. The van der Waals surface area contributed by atoms with E-state index in [1.54, 1.807) is 0 Å². The van der Waals surface area contributed by atoms with Crippen LogP contribution in [0.4, 0.5) is 0 Å². The van der Waals surface area contributed by atoms with Crippen LogP contribution in [-0.2, 0) is 28.6 Å². The summed E-state index contributed by atoms with van der Waals surface area (Å²) in [6.45, 7) is 6.57. The van der Waals surface area contributed by atoms with Crippen molar-refractivity contribution in [3.8, 4) is 0 Å². The maximum atomic E-state index is 12.9. The lowest BCUT2D eigenvalue weighted by atomic mass is 10.0. The molecular formula is C72H128O6. The molecule has 0 rings (SSSR count). The maximum Gasteiger partial charge on any atom is 0.306 e. The van der Waals surface area contributed by atoms with Crippen LogP contribution >= 0.6 is 0 Å². The summed E-state index contributed by atoms with van der Waals surface area (Å²) in [5.41, 5.74) is 0. The molecule has 0 bridgehead atoms. The normalized spacial score (nSPS) is 12.5. The van der Waals surface area contributed by atoms with Gasteiger partial charge in [0.2, 0.25) is 0 Å². The van der Waals surface area contributed by atoms with E-state index in [9.17, 15) is 14.4 Å². The number of rotatable bonds is 62. The zero-order valence-corrected chi connectivity index (χ0v) is 51.9. The highest BCUT2D eigenvalue weighted by Crippen LogP contribution is 2.18. The van der Waals surface area contributed by atoms with Crippen LogP contribution in [0.25, 0.3) is 0 Å². The highest BCUT2D eigenvalue weighted by Gasteiger charge is 2.19. The van der Waals surface area contributed by atoms with Gasteiger partial charge >= 0.3 is 17.9 Å². The van der Waals surface area contributed by atoms with Gasteiger partial charge in [-0.15, -0.1) is 0 Å². The molecule has 6 heteroatoms. The molecule has 0 aromatic heterocycles. The van der Waals surface area contributed by atoms with Crippen molar-refractivity contribution in [2.24, 2.45) is 0 Å². The van der Waals surface area contributed by atoms with Crippen molar-refractivity contribution >= 4 is 17.9 Å². The van der Waals surface area contributed by atoms with Crippen LogP contribution in [0, 0.1) is 0 Å². The lowest BCUT2D eigenvalue weighted by Gasteiger charge is -2.18. The van der Waals surface area contributed by atoms with Gasteiger partial charge in [-0.25, -0.2) is 0 Å². The molecule has 0 aliphatic carbocycles. The molecule has 0 saturated heterocycles. The third-order valence-corrected chi connectivity index (χ3v) is 15.0. The van der Waals surface area contributed by atoms with Crippen LogP contribution in [0.5, 0.6) is 0 Å². The molecule has 0 fully saturated rings. The zero-order valence-electron chi connectivity index (χ0n) is 51.9. The molecule has 0 aromatic carbocycles. The Hall–Kier alpha value is -3.15. The lowest BCUT2D eigenvalue weighted by Crippen LogP contribution is -2.30. The zero-order chi connectivity index (χ0) is 56.4. The lowest BCUT2D eigenvalue weighted by molar-refractivity contribution is -0.167. The van der Waals surface area contributed by atoms with E-state index in [1.165, 1.54) is 205 Å². The highest BCUT2D eigenvalue weighted by molar-refractivity contribution is 5.71. The number of allylic oxidation sites excluding steroid dienone is 12. The van der Waals surface area contributed by atoms with Gasteiger partial charge in [-0.3, -0.25) is 14.4 Å². The van der Waals surface area contributed by atoms with Gasteiger partial charge in [-0.2, -0.15) is 0 Å². The first-order chi connectivity index (χ1) is 38.5. The van der Waals surface area contributed by atoms with E-state index in [-0.39, 0.29) is 31.1 Å². The van der Waals surface area contributed by atoms with Crippen molar-refractivity contribution in [3.05, 3.63) is 72.9 Å². The molecule has 0 saturated carbocycles. The average Bonchev–Trinajstić information content (AvgIpc) is 3.44. The van der Waals surface area contributed by atoms with Crippen molar-refractivity contribution in [3.63, 3.8) is 0 Å². The quantitative estimate of drug-likeness (QED) is 0.0261. The predicted octanol–water partition coefficient (Wildman–Crippen LogP) is 23.3. The van der Waals surface area contributed by atoms with E-state index in [2.05, 4.69) is 93.7 Å². The summed E-state index contributed by atoms with van der Waals surface area (Å²) in [5, 5.41) is 0. The highest BCUT2D eigenvalue weighted by atomic mass is 16.6. The molecule has 0 amide bonds. The minimum Gasteiger partial charge on any atom is -0.462 e. The second kappa shape index (κ2) is 66.4. The molecule has 0 aliphatic heterocycles. The number of carbonyl (C=O) groups excluding carboxylic acids is 3. The van der Waals surface area contributed by atoms with Crippen LogP contribution in [0.2, 0.25) is 0 Å². The number of unbranched alkanes of at least 4 members (excludes halogenated alkanes) is 39. The fourth-order valence-electron chi connectivity index (χ4n) is 9.92. The Kier molecular flexibility index (Phi) is 63.7. The number of ether oxygens (including phenoxy) is 3. The molecule has 6 nitrogen and oxygen atoms in total. The third kappa shape index (κ3) is 63.7. The minimum absolute atomic E-state index is 0.0725. The fraction of sp³-hybridized carbons (Fsp3) is 0.792. The smallest absolute Gasteiger partial charge is 0.306 e. The monoisotopic (exact) mass is 1090 g/mol. The summed E-state index contributed by atoms with van der Waals surface area (Å²) >= 11 is 0. The van der Waals surface area contributed by atoms with Gasteiger partial charge in [0, 0.05) is 19.3 Å². The summed E-state index contributed by atoms with van der Waals surface area (Å²) in [6.07, 6.45) is 86.3. The predicted molar refractivity (Wildman–Crippen MR) is 339 cm³/mol. The Morgan fingerprint density at radius 3 is 0.782 bits per heavy atom. The third-order valence-electron chi connectivity index (χ3n) is 15.0. The Balaban J connectivity index is 4.29. The molecular weight excluding hydrogens is 961 g/mol. The van der Waals surface area contributed by atoms with Gasteiger partial charge in [0.05, 0.1) is 0 Å². The molecule has 0 heterocycles. The molecule has 1 unspecified atom stereocenters. The topological polar surface area (TPSA) is 78.9 Å². The van der Waals surface area contributed by atoms with Crippen LogP contribution in [0.15, 0.2) is 72.9 Å². The molecule has 1 atom stereocenters. The molecule has 0 aromatic rings. The molecule has 0 N–H and O–H groups in total. The fourth-order valence-corrected chi connectivity index (χ4v) is 9.92. The Bertz CT molecular complexity index is 1440. The summed E-state index contributed by atoms with van der Waals surface area (Å²) in [7, 11) is 0. The average molecular weight is 1090 g/mol. The van der Waals surface area contributed by atoms with E-state index in [0.717, 1.165) is 103 Å². The van der Waals surface area contributed by atoms with Crippen LogP contribution in [0.3, 0.4) is 0 Å². The summed E-state index contributed by atoms with van der Waals surface area (Å²) < 4.78 is 17.0. The summed E-state index contributed by atoms with van der Waals surface area (Å²) in [4.78, 5) is 38.4. The van der Waals surface area contributed by atoms with Crippen molar-refractivity contribution in [1.29, 1.82) is 0 Å². The van der Waals surface area contributed by atoms with E-state index in [0.29, 0.717) is 19.3 Å². The largest absolute Gasteiger partial charge is 0.462 e. The van der Waals surface area contributed by atoms with Crippen molar-refractivity contribution in [2.45, 2.75) is 354 Å². The minimum atomic E-state index is -0.776. The number of hydrogen-bond acceptors (Lipinski definition) is 6. The second-order valence-electron chi connectivity index (χ2n) is 22.7. The van der Waals surface area contributed by atoms with Crippen molar-refractivity contribution < 1.29 is 28.6 Å². The molecule has 0 radical (unpaired) electrons. The Morgan fingerprint density at radius 2 is 0.500 bits per heavy atom. The first kappa shape index (κ1) is 74.8. The molecule has 0 aliphatic rings. The molecule has 0 spiro atoms. The van der Waals surface area contributed by atoms with Crippen LogP contribution in [-0.4, -0.2) is 37.2 Å². The van der Waals surface area contributed by atoms with Gasteiger partial charge in [0.15, 0.2) is 6.10 Å². The number of carbonyl (C=O) groups is 3. The van der Waals surface area contributed by atoms with Gasteiger partial charge in [0.25, 0.3) is 0 Å². The van der Waals surface area contributed by atoms with Crippen LogP contribution < -0.4 is 0 Å². The van der Waals surface area contributed by atoms with Gasteiger partial charge in [-0.05, 0) is 70.6 Å². The summed E-state index contributed by atoms with van der Waals surface area (Å²) in [6, 6.07) is 0. The maximum absolute atomic E-state index is 12.9. The SMILES string of the molecule is CC/C=C\C/C=C\C/C=C\C/C=C\C/C=C\C/C=C\CCCCCCCCCCC(=O)OCC(COC(=O)CCCCCCCCCCCCCCC)OC(=O)CCCCCCCCCCCCCCCCCCCCCC. The van der Waals surface area contributed by atoms with E-state index in [4.69, 9.17) is 14.2 Å². The van der Waals surface area contributed by atoms with Crippen molar-refractivity contribution in [1.82, 2.24) is 0 Å². The molecule has 452 valence electrons. The molecule has 78 heavy (non-hydrogen) atoms. The number of hydrogen-bond donors (Lipinski definition) is 0. The first-order valence-corrected chi connectivity index (χ1v) is 33.9. The van der Waals surface area contributed by atoms with Gasteiger partial charge < -0.3 is 14.2 Å². The van der Waals surface area contributed by atoms with E-state index in [1.807, 2.05) is 0 Å². The van der Waals surface area contributed by atoms with E-state index < -0.39 is 6.10 Å². The van der Waals surface area contributed by atoms with Crippen LogP contribution in [0.1, 0.15) is 348 Å². The standard InChI is InChI=1S/C72H128O6/c1-4-7-10-13-16-19-22-25-27-29-31-33-34-35-36-37-38-39-41-42-44-47-50-53-56-59-62-65-71(74)77-68-69(67-76-70(73)64-61-58-55-52-49-46-24-21-18-15-12-9-6-3)78-72(75)66-63-60-57-54-51-48-45-43-40-32-30-28-26-23-20-17-14-11-8-5-2/h7,10,16,19,25,27,31,33,35-36,38-39,69H,4-6,8-9,11-15,17-18,20-24,26,28-30,32,34,37,40-68H2,1-3H3/b10-7-,19-16-,27-25-,33-31-,36-35-,39-38-. The summed E-state index contributed by atoms with van der Waals surface area (Å²) in [5.74, 6) is -0.859. The Labute approximate surface area is 484 Å². The van der Waals surface area contributed by atoms with Crippen molar-refractivity contribution in [2.75, 3.05) is 13.2 Å². The van der Waals surface area contributed by atoms with Gasteiger partial charge in [-0.1, -0.05) is 331 Å². The number of esters is 3. The van der Waals surface area contributed by atoms with Gasteiger partial charge in [0.1, 0.15) is 13.2 Å². The van der Waals surface area contributed by atoms with E-state index >= 15 is 0 Å². The first-order valence-electron chi connectivity index (χ1n) is 33.9.